The molecule has 0 fully saturated rings. The molecular weight excluding hydrogens is 641 g/mol. The number of benzene rings is 4. The summed E-state index contributed by atoms with van der Waals surface area (Å²) in [4.78, 5) is 0. The average Bonchev–Trinajstić information content (AvgIpc) is 3.17. The highest BCUT2D eigenvalue weighted by atomic mass is 14.5. The lowest BCUT2D eigenvalue weighted by Crippen LogP contribution is -1.99. The van der Waals surface area contributed by atoms with Gasteiger partial charge in [-0.1, -0.05) is 171 Å². The molecule has 0 aliphatic heterocycles. The molecule has 0 heterocycles. The summed E-state index contributed by atoms with van der Waals surface area (Å²) in [6.45, 7) is 4.56. The van der Waals surface area contributed by atoms with E-state index >= 15 is 0 Å². The van der Waals surface area contributed by atoms with Crippen molar-refractivity contribution in [2.24, 2.45) is 0 Å². The molecular formula is C51H74N2. The third-order valence-electron chi connectivity index (χ3n) is 11.3. The van der Waals surface area contributed by atoms with E-state index in [1.54, 1.807) is 0 Å². The summed E-state index contributed by atoms with van der Waals surface area (Å²) in [7, 11) is 0. The van der Waals surface area contributed by atoms with Crippen LogP contribution in [0.5, 0.6) is 0 Å². The molecule has 0 atom stereocenters. The van der Waals surface area contributed by atoms with Crippen LogP contribution in [0, 0.1) is 0 Å². The molecule has 0 bridgehead atoms. The smallest absolute Gasteiger partial charge is 0.0316 e. The van der Waals surface area contributed by atoms with E-state index in [0.29, 0.717) is 0 Å². The van der Waals surface area contributed by atoms with Crippen molar-refractivity contribution < 1.29 is 0 Å². The standard InChI is InChI=1S/C51H74N2/c1-3-5-7-14-20-24-46-40-50(52)36-34-48(46)38-44-30-26-42(27-31-44)22-18-16-12-10-9-11-13-17-19-23-43-28-32-45(33-29-43)39-49-35-37-51(53)41-47(49)25-21-15-8-6-4-2/h26-37,40-41H,3-25,38-39,52-53H2,1-2H3. The Morgan fingerprint density at radius 1 is 0.302 bits per heavy atom. The van der Waals surface area contributed by atoms with Gasteiger partial charge in [-0.2, -0.15) is 0 Å². The Morgan fingerprint density at radius 3 is 0.962 bits per heavy atom. The minimum atomic E-state index is 0.893. The molecule has 2 heteroatoms. The van der Waals surface area contributed by atoms with E-state index in [9.17, 15) is 0 Å². The normalized spacial score (nSPS) is 11.4. The van der Waals surface area contributed by atoms with E-state index in [4.69, 9.17) is 11.5 Å². The fourth-order valence-electron chi connectivity index (χ4n) is 7.92. The quantitative estimate of drug-likeness (QED) is 0.0454. The topological polar surface area (TPSA) is 52.0 Å². The van der Waals surface area contributed by atoms with Crippen molar-refractivity contribution in [2.75, 3.05) is 11.5 Å². The molecule has 0 unspecified atom stereocenters. The monoisotopic (exact) mass is 715 g/mol. The summed E-state index contributed by atoms with van der Waals surface area (Å²) in [5.41, 5.74) is 25.6. The largest absolute Gasteiger partial charge is 0.399 e. The van der Waals surface area contributed by atoms with Crippen LogP contribution in [-0.4, -0.2) is 0 Å². The van der Waals surface area contributed by atoms with Gasteiger partial charge in [0, 0.05) is 11.4 Å². The minimum Gasteiger partial charge on any atom is -0.399 e. The lowest BCUT2D eigenvalue weighted by molar-refractivity contribution is 0.558. The lowest BCUT2D eigenvalue weighted by atomic mass is 9.94. The SMILES string of the molecule is CCCCCCCc1cc(N)ccc1Cc1ccc(CCCCCCCCCCCc2ccc(Cc3ccc(N)cc3CCCCCCC)cc2)cc1. The first-order valence-corrected chi connectivity index (χ1v) is 21.9. The van der Waals surface area contributed by atoms with Gasteiger partial charge < -0.3 is 11.5 Å². The van der Waals surface area contributed by atoms with Crippen LogP contribution in [0.2, 0.25) is 0 Å². The van der Waals surface area contributed by atoms with E-state index in [1.807, 2.05) is 0 Å². The van der Waals surface area contributed by atoms with Crippen LogP contribution in [0.4, 0.5) is 11.4 Å². The summed E-state index contributed by atoms with van der Waals surface area (Å²) in [5, 5.41) is 0. The lowest BCUT2D eigenvalue weighted by Gasteiger charge is -2.12. The van der Waals surface area contributed by atoms with Crippen molar-refractivity contribution in [1.29, 1.82) is 0 Å². The maximum absolute atomic E-state index is 6.16. The molecule has 0 saturated heterocycles. The Bertz CT molecular complexity index is 1420. The maximum Gasteiger partial charge on any atom is 0.0316 e. The van der Waals surface area contributed by atoms with Gasteiger partial charge in [0.15, 0.2) is 0 Å². The van der Waals surface area contributed by atoms with Crippen molar-refractivity contribution in [3.63, 3.8) is 0 Å². The van der Waals surface area contributed by atoms with Crippen molar-refractivity contribution >= 4 is 11.4 Å². The minimum absolute atomic E-state index is 0.893. The number of nitrogens with two attached hydrogens (primary N) is 2. The van der Waals surface area contributed by atoms with Crippen molar-refractivity contribution in [2.45, 2.75) is 174 Å². The van der Waals surface area contributed by atoms with Gasteiger partial charge in [-0.3, -0.25) is 0 Å². The number of hydrogen-bond acceptors (Lipinski definition) is 2. The molecule has 0 spiro atoms. The Labute approximate surface area is 325 Å². The molecule has 0 radical (unpaired) electrons. The molecule has 0 aliphatic rings. The first-order chi connectivity index (χ1) is 26.0. The Kier molecular flexibility index (Phi) is 20.3. The molecule has 4 aromatic carbocycles. The van der Waals surface area contributed by atoms with Crippen LogP contribution in [0.3, 0.4) is 0 Å². The van der Waals surface area contributed by atoms with Crippen LogP contribution >= 0.6 is 0 Å². The number of hydrogen-bond donors (Lipinski definition) is 2. The molecule has 0 aliphatic carbocycles. The third kappa shape index (κ3) is 17.0. The predicted molar refractivity (Wildman–Crippen MR) is 234 cm³/mol. The second-order valence-electron chi connectivity index (χ2n) is 16.1. The third-order valence-corrected chi connectivity index (χ3v) is 11.3. The number of anilines is 2. The van der Waals surface area contributed by atoms with Crippen molar-refractivity contribution in [1.82, 2.24) is 0 Å². The molecule has 0 amide bonds. The zero-order valence-electron chi connectivity index (χ0n) is 33.9. The summed E-state index contributed by atoms with van der Waals surface area (Å²) in [6.07, 6.45) is 32.1. The predicted octanol–water partition coefficient (Wildman–Crippen LogP) is 14.4. The molecule has 53 heavy (non-hydrogen) atoms. The highest BCUT2D eigenvalue weighted by Gasteiger charge is 2.08. The van der Waals surface area contributed by atoms with E-state index in [2.05, 4.69) is 98.8 Å². The van der Waals surface area contributed by atoms with E-state index in [-0.39, 0.29) is 0 Å². The van der Waals surface area contributed by atoms with E-state index in [1.165, 1.54) is 179 Å². The van der Waals surface area contributed by atoms with Crippen LogP contribution in [0.15, 0.2) is 84.9 Å². The second kappa shape index (κ2) is 25.5. The molecule has 4 rings (SSSR count). The van der Waals surface area contributed by atoms with Gasteiger partial charge >= 0.3 is 0 Å². The average molecular weight is 715 g/mol. The number of aryl methyl sites for hydroxylation is 4. The maximum atomic E-state index is 6.16. The van der Waals surface area contributed by atoms with Gasteiger partial charge in [-0.25, -0.2) is 0 Å². The van der Waals surface area contributed by atoms with Crippen LogP contribution in [0.1, 0.15) is 180 Å². The van der Waals surface area contributed by atoms with Crippen LogP contribution in [-0.2, 0) is 38.5 Å². The zero-order chi connectivity index (χ0) is 37.4. The van der Waals surface area contributed by atoms with Crippen LogP contribution < -0.4 is 11.5 Å². The first-order valence-electron chi connectivity index (χ1n) is 21.9. The fourth-order valence-corrected chi connectivity index (χ4v) is 7.92. The van der Waals surface area contributed by atoms with Crippen molar-refractivity contribution in [3.8, 4) is 0 Å². The zero-order valence-corrected chi connectivity index (χ0v) is 33.9. The highest BCUT2D eigenvalue weighted by Crippen LogP contribution is 2.23. The van der Waals surface area contributed by atoms with E-state index in [0.717, 1.165) is 37.1 Å². The highest BCUT2D eigenvalue weighted by molar-refractivity contribution is 5.47. The first kappa shape index (κ1) is 42.2. The van der Waals surface area contributed by atoms with Gasteiger partial charge in [0.05, 0.1) is 0 Å². The number of rotatable bonds is 28. The summed E-state index contributed by atoms with van der Waals surface area (Å²) < 4.78 is 0. The summed E-state index contributed by atoms with van der Waals surface area (Å²) in [5.74, 6) is 0. The van der Waals surface area contributed by atoms with Gasteiger partial charge in [-0.15, -0.1) is 0 Å². The number of unbranched alkanes of at least 4 members (excludes halogenated alkanes) is 16. The Hall–Kier alpha value is -3.52. The molecule has 288 valence electrons. The molecule has 0 aromatic heterocycles. The Balaban J connectivity index is 1.03. The second-order valence-corrected chi connectivity index (χ2v) is 16.1. The van der Waals surface area contributed by atoms with Crippen molar-refractivity contribution in [3.05, 3.63) is 129 Å². The van der Waals surface area contributed by atoms with E-state index < -0.39 is 0 Å². The van der Waals surface area contributed by atoms with Gasteiger partial charge in [0.2, 0.25) is 0 Å². The van der Waals surface area contributed by atoms with Gasteiger partial charge in [-0.05, 0) is 133 Å². The van der Waals surface area contributed by atoms with Gasteiger partial charge in [0.25, 0.3) is 0 Å². The van der Waals surface area contributed by atoms with Gasteiger partial charge in [0.1, 0.15) is 0 Å². The molecule has 0 saturated carbocycles. The van der Waals surface area contributed by atoms with Crippen LogP contribution in [0.25, 0.3) is 0 Å². The summed E-state index contributed by atoms with van der Waals surface area (Å²) in [6, 6.07) is 31.9. The summed E-state index contributed by atoms with van der Waals surface area (Å²) >= 11 is 0. The molecule has 2 nitrogen and oxygen atoms in total. The number of nitrogen functional groups attached to an aromatic ring is 2. The molecule has 4 N–H and O–H groups in total. The molecule has 4 aromatic rings. The fraction of sp³-hybridized carbons (Fsp3) is 0.529. The Morgan fingerprint density at radius 2 is 0.604 bits per heavy atom.